The first-order chi connectivity index (χ1) is 21.7. The van der Waals surface area contributed by atoms with Crippen molar-refractivity contribution in [2.45, 2.75) is 20.8 Å². The number of aromatic nitrogens is 4. The Morgan fingerprint density at radius 2 is 1.54 bits per heavy atom. The summed E-state index contributed by atoms with van der Waals surface area (Å²) in [5.41, 5.74) is 3.86. The Hall–Kier alpha value is -4.91. The van der Waals surface area contributed by atoms with E-state index in [9.17, 15) is 13.2 Å². The van der Waals surface area contributed by atoms with Crippen LogP contribution in [0.4, 0.5) is 13.2 Å². The molecule has 0 fully saturated rings. The molecule has 232 valence electrons. The van der Waals surface area contributed by atoms with Crippen molar-refractivity contribution in [2.24, 2.45) is 0 Å². The van der Waals surface area contributed by atoms with Gasteiger partial charge < -0.3 is 14.0 Å². The monoisotopic (exact) mass is 708 g/mol. The second kappa shape index (κ2) is 12.1. The number of fused-ring (bicyclic) bond motifs is 3. The fraction of sp³-hybridized carbons (Fsp3) is 0.111. The van der Waals surface area contributed by atoms with E-state index in [4.69, 9.17) is 9.47 Å². The standard InChI is InChI=1S/C36H25F3N4O2.Pd/c1-20-13-24(43-22(3)35(21(2)41-43)36-30(38)15-23(37)16-31(36)39)17-27(14-20)45-26-9-10-29-28-7-5-6-8-32(28)42(33(29)18-26)34-19-25(44-4)11-12-40-34;/h5-16,19H,1-4H3;/q-2;+2. The molecule has 0 amide bonds. The van der Waals surface area contributed by atoms with Gasteiger partial charge in [0, 0.05) is 52.7 Å². The summed E-state index contributed by atoms with van der Waals surface area (Å²) in [6.45, 7) is 5.24. The van der Waals surface area contributed by atoms with Crippen molar-refractivity contribution in [3.8, 4) is 39.9 Å². The van der Waals surface area contributed by atoms with Crippen LogP contribution in [0.1, 0.15) is 17.0 Å². The predicted octanol–water partition coefficient (Wildman–Crippen LogP) is 8.77. The average molecular weight is 709 g/mol. The van der Waals surface area contributed by atoms with Crippen LogP contribution in [0.2, 0.25) is 0 Å². The van der Waals surface area contributed by atoms with Crippen LogP contribution >= 0.6 is 0 Å². The summed E-state index contributed by atoms with van der Waals surface area (Å²) >= 11 is 0. The van der Waals surface area contributed by atoms with Crippen molar-refractivity contribution >= 4 is 21.8 Å². The molecule has 0 atom stereocenters. The minimum Gasteiger partial charge on any atom is -0.509 e. The van der Waals surface area contributed by atoms with Crippen LogP contribution < -0.4 is 9.47 Å². The van der Waals surface area contributed by atoms with E-state index in [-0.39, 0.29) is 31.5 Å². The molecule has 0 aliphatic rings. The molecule has 3 aromatic heterocycles. The van der Waals surface area contributed by atoms with E-state index in [0.717, 1.165) is 27.4 Å². The normalized spacial score (nSPS) is 11.2. The molecule has 0 N–H and O–H groups in total. The molecular weight excluding hydrogens is 684 g/mol. The molecule has 0 aliphatic heterocycles. The van der Waals surface area contributed by atoms with Gasteiger partial charge in [0.15, 0.2) is 0 Å². The molecule has 10 heteroatoms. The number of aryl methyl sites for hydroxylation is 2. The molecule has 0 radical (unpaired) electrons. The van der Waals surface area contributed by atoms with E-state index in [1.807, 2.05) is 60.0 Å². The second-order valence-electron chi connectivity index (χ2n) is 10.7. The van der Waals surface area contributed by atoms with Gasteiger partial charge in [0.05, 0.1) is 18.4 Å². The van der Waals surface area contributed by atoms with Gasteiger partial charge in [-0.2, -0.15) is 16.7 Å². The van der Waals surface area contributed by atoms with Crippen LogP contribution in [0.25, 0.3) is 44.4 Å². The Morgan fingerprint density at radius 1 is 0.783 bits per heavy atom. The number of hydrogen-bond acceptors (Lipinski definition) is 4. The maximum Gasteiger partial charge on any atom is 2.00 e. The first-order valence-corrected chi connectivity index (χ1v) is 14.1. The smallest absolute Gasteiger partial charge is 0.509 e. The maximum absolute atomic E-state index is 14.7. The van der Waals surface area contributed by atoms with Gasteiger partial charge in [0.25, 0.3) is 0 Å². The van der Waals surface area contributed by atoms with E-state index in [2.05, 4.69) is 28.3 Å². The molecule has 4 aromatic carbocycles. The number of methoxy groups -OCH3 is 1. The van der Waals surface area contributed by atoms with E-state index in [1.54, 1.807) is 37.9 Å². The summed E-state index contributed by atoms with van der Waals surface area (Å²) in [6, 6.07) is 27.2. The first kappa shape index (κ1) is 31.1. The zero-order chi connectivity index (χ0) is 31.4. The molecule has 0 spiro atoms. The van der Waals surface area contributed by atoms with Crippen molar-refractivity contribution in [1.82, 2.24) is 19.3 Å². The number of rotatable bonds is 6. The Labute approximate surface area is 276 Å². The van der Waals surface area contributed by atoms with Crippen molar-refractivity contribution in [3.63, 3.8) is 0 Å². The number of benzene rings is 4. The number of para-hydroxylation sites is 1. The minimum absolute atomic E-state index is 0. The summed E-state index contributed by atoms with van der Waals surface area (Å²) < 4.78 is 58.4. The summed E-state index contributed by atoms with van der Waals surface area (Å²) in [5.74, 6) is -0.778. The van der Waals surface area contributed by atoms with E-state index < -0.39 is 17.5 Å². The minimum atomic E-state index is -0.997. The number of halogens is 3. The molecule has 0 bridgehead atoms. The van der Waals surface area contributed by atoms with Crippen molar-refractivity contribution in [2.75, 3.05) is 7.11 Å². The van der Waals surface area contributed by atoms with Gasteiger partial charge >= 0.3 is 20.4 Å². The van der Waals surface area contributed by atoms with Gasteiger partial charge in [-0.25, -0.2) is 18.2 Å². The molecule has 6 nitrogen and oxygen atoms in total. The van der Waals surface area contributed by atoms with Crippen LogP contribution in [0.3, 0.4) is 0 Å². The van der Waals surface area contributed by atoms with Crippen LogP contribution in [0.15, 0.2) is 79.0 Å². The molecule has 46 heavy (non-hydrogen) atoms. The SMILES string of the molecule is COc1ccnc(-n2c3[c-]c(Oc4[c-]c(-n5nc(C)c(-c6c(F)cc(F)cc6F)c5C)cc(C)c4)ccc3c3ccccc32)c1.[Pd+2]. The Balaban J connectivity index is 0.00000372. The molecule has 3 heterocycles. The molecule has 7 aromatic rings. The topological polar surface area (TPSA) is 54.1 Å². The van der Waals surface area contributed by atoms with E-state index in [1.165, 1.54) is 0 Å². The predicted molar refractivity (Wildman–Crippen MR) is 166 cm³/mol. The largest absolute Gasteiger partial charge is 2.00 e. The van der Waals surface area contributed by atoms with Crippen LogP contribution in [-0.4, -0.2) is 26.4 Å². The molecule has 0 saturated heterocycles. The molecule has 0 saturated carbocycles. The quantitative estimate of drug-likeness (QED) is 0.128. The average Bonchev–Trinajstić information content (AvgIpc) is 3.49. The molecule has 0 unspecified atom stereocenters. The molecule has 0 aliphatic carbocycles. The summed E-state index contributed by atoms with van der Waals surface area (Å²) in [7, 11) is 1.61. The zero-order valence-corrected chi connectivity index (χ0v) is 26.6. The number of ether oxygens (including phenoxy) is 2. The number of nitrogens with zero attached hydrogens (tertiary/aromatic N) is 4. The van der Waals surface area contributed by atoms with Crippen molar-refractivity contribution in [1.29, 1.82) is 0 Å². The van der Waals surface area contributed by atoms with Gasteiger partial charge in [-0.15, -0.1) is 35.7 Å². The fourth-order valence-corrected chi connectivity index (χ4v) is 5.79. The number of hydrogen-bond donors (Lipinski definition) is 0. The van der Waals surface area contributed by atoms with E-state index >= 15 is 0 Å². The van der Waals surface area contributed by atoms with Gasteiger partial charge in [-0.3, -0.25) is 4.68 Å². The molecule has 7 rings (SSSR count). The Kier molecular flexibility index (Phi) is 8.19. The first-order valence-electron chi connectivity index (χ1n) is 14.1. The van der Waals surface area contributed by atoms with Gasteiger partial charge in [-0.1, -0.05) is 30.6 Å². The summed E-state index contributed by atoms with van der Waals surface area (Å²) in [6.07, 6.45) is 1.70. The van der Waals surface area contributed by atoms with E-state index in [0.29, 0.717) is 52.3 Å². The third kappa shape index (κ3) is 5.34. The van der Waals surface area contributed by atoms with Crippen LogP contribution in [0, 0.1) is 50.4 Å². The fourth-order valence-electron chi connectivity index (χ4n) is 5.79. The van der Waals surface area contributed by atoms with Gasteiger partial charge in [0.1, 0.15) is 29.0 Å². The second-order valence-corrected chi connectivity index (χ2v) is 10.7. The van der Waals surface area contributed by atoms with Crippen molar-refractivity contribution in [3.05, 3.63) is 126 Å². The Morgan fingerprint density at radius 3 is 2.30 bits per heavy atom. The third-order valence-electron chi connectivity index (χ3n) is 7.71. The summed E-state index contributed by atoms with van der Waals surface area (Å²) in [4.78, 5) is 4.60. The van der Waals surface area contributed by atoms with Gasteiger partial charge in [-0.05, 0) is 37.1 Å². The molecular formula is C36H25F3N4O2Pd. The summed E-state index contributed by atoms with van der Waals surface area (Å²) in [5, 5.41) is 6.57. The van der Waals surface area contributed by atoms with Crippen LogP contribution in [-0.2, 0) is 20.4 Å². The van der Waals surface area contributed by atoms with Gasteiger partial charge in [0.2, 0.25) is 0 Å². The Bertz CT molecular complexity index is 2260. The zero-order valence-electron chi connectivity index (χ0n) is 25.1. The van der Waals surface area contributed by atoms with Crippen molar-refractivity contribution < 1.29 is 43.1 Å². The number of pyridine rings is 1. The third-order valence-corrected chi connectivity index (χ3v) is 7.71. The maximum atomic E-state index is 14.7. The van der Waals surface area contributed by atoms with Crippen LogP contribution in [0.5, 0.6) is 17.2 Å².